The molecule has 1 atom stereocenters. The summed E-state index contributed by atoms with van der Waals surface area (Å²) in [6, 6.07) is 5.61. The first-order valence-electron chi connectivity index (χ1n) is 8.43. The van der Waals surface area contributed by atoms with Crippen molar-refractivity contribution in [2.24, 2.45) is 0 Å². The van der Waals surface area contributed by atoms with Crippen LogP contribution in [0.2, 0.25) is 0 Å². The molecule has 10 heteroatoms. The van der Waals surface area contributed by atoms with Crippen LogP contribution in [0.25, 0.3) is 22.3 Å². The van der Waals surface area contributed by atoms with E-state index in [0.29, 0.717) is 18.0 Å². The van der Waals surface area contributed by atoms with Gasteiger partial charge in [0.25, 0.3) is 0 Å². The van der Waals surface area contributed by atoms with Crippen molar-refractivity contribution < 1.29 is 17.9 Å². The van der Waals surface area contributed by atoms with E-state index in [-0.39, 0.29) is 12.0 Å². The molecule has 27 heavy (non-hydrogen) atoms. The number of hydrogen-bond acceptors (Lipinski definition) is 6. The lowest BCUT2D eigenvalue weighted by atomic mass is 10.2. The van der Waals surface area contributed by atoms with E-state index in [4.69, 9.17) is 4.74 Å². The number of aromatic amines is 1. The van der Waals surface area contributed by atoms with E-state index in [9.17, 15) is 13.2 Å². The van der Waals surface area contributed by atoms with Crippen LogP contribution in [-0.4, -0.2) is 51.9 Å². The molecule has 0 unspecified atom stereocenters. The summed E-state index contributed by atoms with van der Waals surface area (Å²) in [4.78, 5) is 15.6. The summed E-state index contributed by atoms with van der Waals surface area (Å²) in [6.45, 7) is 0.211. The fourth-order valence-corrected chi connectivity index (χ4v) is 2.87. The zero-order valence-electron chi connectivity index (χ0n) is 14.2. The van der Waals surface area contributed by atoms with Gasteiger partial charge in [-0.25, -0.2) is 15.0 Å². The molecule has 0 radical (unpaired) electrons. The number of ether oxygens (including phenoxy) is 1. The van der Waals surface area contributed by atoms with E-state index in [2.05, 4.69) is 30.6 Å². The molecular weight excluding hydrogens is 361 g/mol. The van der Waals surface area contributed by atoms with Gasteiger partial charge >= 0.3 is 6.18 Å². The minimum Gasteiger partial charge on any atom is -0.379 e. The molecule has 0 aliphatic carbocycles. The number of aromatic nitrogens is 4. The second-order valence-corrected chi connectivity index (χ2v) is 6.28. The zero-order valence-corrected chi connectivity index (χ0v) is 14.2. The molecule has 1 fully saturated rings. The van der Waals surface area contributed by atoms with Crippen LogP contribution in [-0.2, 0) is 4.74 Å². The molecule has 0 bridgehead atoms. The Labute approximate surface area is 152 Å². The second-order valence-electron chi connectivity index (χ2n) is 6.28. The van der Waals surface area contributed by atoms with Gasteiger partial charge in [0.15, 0.2) is 0 Å². The summed E-state index contributed by atoms with van der Waals surface area (Å²) in [5.74, 6) is 0.659. The Morgan fingerprint density at radius 1 is 1.26 bits per heavy atom. The van der Waals surface area contributed by atoms with Crippen molar-refractivity contribution in [3.63, 3.8) is 0 Å². The Bertz CT molecular complexity index is 936. The summed E-state index contributed by atoms with van der Waals surface area (Å²) in [7, 11) is 0. The van der Waals surface area contributed by atoms with Crippen LogP contribution in [0, 0.1) is 0 Å². The number of alkyl halides is 3. The molecule has 1 aliphatic heterocycles. The van der Waals surface area contributed by atoms with Crippen molar-refractivity contribution in [3.05, 3.63) is 30.6 Å². The molecule has 0 aromatic carbocycles. The fourth-order valence-electron chi connectivity index (χ4n) is 2.87. The van der Waals surface area contributed by atoms with Crippen LogP contribution in [0.15, 0.2) is 30.6 Å². The number of pyridine rings is 1. The molecule has 1 aliphatic rings. The van der Waals surface area contributed by atoms with Crippen molar-refractivity contribution >= 4 is 22.7 Å². The molecule has 7 nitrogen and oxygen atoms in total. The minimum absolute atomic E-state index is 0.0785. The van der Waals surface area contributed by atoms with E-state index in [1.54, 1.807) is 12.3 Å². The van der Waals surface area contributed by atoms with Gasteiger partial charge in [0.05, 0.1) is 29.6 Å². The van der Waals surface area contributed by atoms with Crippen LogP contribution >= 0.6 is 0 Å². The lowest BCUT2D eigenvalue weighted by Crippen LogP contribution is -2.22. The molecule has 0 saturated carbocycles. The lowest BCUT2D eigenvalue weighted by molar-refractivity contribution is -0.115. The van der Waals surface area contributed by atoms with E-state index in [0.717, 1.165) is 29.7 Å². The molecular formula is C17H17F3N6O. The van der Waals surface area contributed by atoms with Crippen LogP contribution in [0.4, 0.5) is 24.9 Å². The number of nitrogens with one attached hydrogen (secondary N) is 3. The molecule has 1 saturated heterocycles. The van der Waals surface area contributed by atoms with Crippen LogP contribution in [0.1, 0.15) is 6.42 Å². The summed E-state index contributed by atoms with van der Waals surface area (Å²) in [5, 5.41) is 6.38. The van der Waals surface area contributed by atoms with E-state index in [1.165, 1.54) is 6.20 Å². The monoisotopic (exact) mass is 378 g/mol. The van der Waals surface area contributed by atoms with Gasteiger partial charge in [-0.05, 0) is 18.6 Å². The Kier molecular flexibility index (Phi) is 4.56. The Morgan fingerprint density at radius 2 is 2.15 bits per heavy atom. The lowest BCUT2D eigenvalue weighted by Gasteiger charge is -2.10. The van der Waals surface area contributed by atoms with Crippen molar-refractivity contribution in [1.82, 2.24) is 19.9 Å². The summed E-state index contributed by atoms with van der Waals surface area (Å²) >= 11 is 0. The number of hydrogen-bond donors (Lipinski definition) is 3. The maximum atomic E-state index is 12.3. The van der Waals surface area contributed by atoms with Gasteiger partial charge in [0, 0.05) is 30.5 Å². The Morgan fingerprint density at radius 3 is 2.93 bits per heavy atom. The molecule has 142 valence electrons. The van der Waals surface area contributed by atoms with Crippen molar-refractivity contribution in [1.29, 1.82) is 0 Å². The van der Waals surface area contributed by atoms with Gasteiger partial charge in [-0.3, -0.25) is 0 Å². The van der Waals surface area contributed by atoms with Gasteiger partial charge in [-0.1, -0.05) is 0 Å². The summed E-state index contributed by atoms with van der Waals surface area (Å²) in [5.41, 5.74) is 2.01. The number of fused-ring (bicyclic) bond motifs is 1. The van der Waals surface area contributed by atoms with Crippen molar-refractivity contribution in [2.45, 2.75) is 18.6 Å². The van der Waals surface area contributed by atoms with Crippen LogP contribution < -0.4 is 10.6 Å². The number of anilines is 2. The SMILES string of the molecule is FC(F)(F)CNc1nccc(-c2cc3cnc(N[C@H]4CCOC4)cc3[nH]2)n1. The van der Waals surface area contributed by atoms with E-state index in [1.807, 2.05) is 12.1 Å². The first kappa shape index (κ1) is 17.5. The van der Waals surface area contributed by atoms with E-state index >= 15 is 0 Å². The predicted octanol–water partition coefficient (Wildman–Crippen LogP) is 3.19. The highest BCUT2D eigenvalue weighted by Crippen LogP contribution is 2.25. The number of H-pyrrole nitrogens is 1. The van der Waals surface area contributed by atoms with Crippen molar-refractivity contribution in [3.8, 4) is 11.4 Å². The average molecular weight is 378 g/mol. The normalized spacial score (nSPS) is 17.4. The van der Waals surface area contributed by atoms with Gasteiger partial charge in [0.1, 0.15) is 12.4 Å². The highest BCUT2D eigenvalue weighted by molar-refractivity contribution is 5.86. The molecule has 3 aromatic heterocycles. The maximum absolute atomic E-state index is 12.3. The van der Waals surface area contributed by atoms with Gasteiger partial charge in [0.2, 0.25) is 5.95 Å². The van der Waals surface area contributed by atoms with Gasteiger partial charge in [-0.2, -0.15) is 13.2 Å². The highest BCUT2D eigenvalue weighted by atomic mass is 19.4. The average Bonchev–Trinajstić information content (AvgIpc) is 3.29. The summed E-state index contributed by atoms with van der Waals surface area (Å²) in [6.07, 6.45) is -0.250. The third-order valence-corrected chi connectivity index (χ3v) is 4.16. The molecule has 3 aromatic rings. The van der Waals surface area contributed by atoms with Gasteiger partial charge in [-0.15, -0.1) is 0 Å². The Hall–Kier alpha value is -2.88. The third-order valence-electron chi connectivity index (χ3n) is 4.16. The molecule has 4 heterocycles. The third kappa shape index (κ3) is 4.27. The topological polar surface area (TPSA) is 87.8 Å². The van der Waals surface area contributed by atoms with Crippen LogP contribution in [0.5, 0.6) is 0 Å². The molecule has 4 rings (SSSR count). The van der Waals surface area contributed by atoms with Crippen LogP contribution in [0.3, 0.4) is 0 Å². The summed E-state index contributed by atoms with van der Waals surface area (Å²) < 4.78 is 42.4. The number of halogens is 3. The maximum Gasteiger partial charge on any atom is 0.405 e. The number of rotatable bonds is 5. The predicted molar refractivity (Wildman–Crippen MR) is 94.5 cm³/mol. The fraction of sp³-hybridized carbons (Fsp3) is 0.353. The largest absolute Gasteiger partial charge is 0.405 e. The molecule has 0 spiro atoms. The smallest absolute Gasteiger partial charge is 0.379 e. The van der Waals surface area contributed by atoms with Gasteiger partial charge < -0.3 is 20.4 Å². The number of nitrogens with zero attached hydrogens (tertiary/aromatic N) is 3. The standard InChI is InChI=1S/C17H17F3N6O/c18-17(19,20)9-23-16-21-3-1-12(26-16)14-5-10-7-22-15(6-13(10)25-14)24-11-2-4-27-8-11/h1,3,5-7,11,25H,2,4,8-9H2,(H,22,24)(H,21,23,26)/t11-/m0/s1. The highest BCUT2D eigenvalue weighted by Gasteiger charge is 2.27. The Balaban J connectivity index is 1.54. The zero-order chi connectivity index (χ0) is 18.9. The van der Waals surface area contributed by atoms with Crippen molar-refractivity contribution in [2.75, 3.05) is 30.4 Å². The molecule has 0 amide bonds. The first-order chi connectivity index (χ1) is 13.0. The quantitative estimate of drug-likeness (QED) is 0.632. The second kappa shape index (κ2) is 7.03. The minimum atomic E-state index is -4.33. The first-order valence-corrected chi connectivity index (χ1v) is 8.43. The molecule has 3 N–H and O–H groups in total. The van der Waals surface area contributed by atoms with E-state index < -0.39 is 12.7 Å².